The summed E-state index contributed by atoms with van der Waals surface area (Å²) in [5.41, 5.74) is -3.67. The molecule has 2 aromatic rings. The fourth-order valence-corrected chi connectivity index (χ4v) is 2.67. The fraction of sp³-hybridized carbons (Fsp3) is 0.350. The molecule has 176 valence electrons. The molecule has 0 aromatic heterocycles. The molecule has 3 atom stereocenters. The van der Waals surface area contributed by atoms with Gasteiger partial charge in [-0.05, 0) is 48.4 Å². The molecular formula is C20H17F7O5. The number of carboxylic acid groups (broad SMARTS) is 1. The number of alkyl halides is 6. The van der Waals surface area contributed by atoms with Gasteiger partial charge in [-0.3, -0.25) is 0 Å². The van der Waals surface area contributed by atoms with Gasteiger partial charge in [0.15, 0.2) is 6.29 Å². The standard InChI is InChI=1S/C20H17F7O5/c1-10(12-6-13(19(22,23)24)8-14(7-12)20(25,26)27)32-18(31-9-16(28)29)17(30)11-2-4-15(21)5-3-11/h2-8,10,17-18,30H,9H2,1H3,(H,28,29)/t10-,17?,18-/m1/s1. The number of aliphatic carboxylic acids is 1. The van der Waals surface area contributed by atoms with Crippen LogP contribution in [0.25, 0.3) is 0 Å². The zero-order valence-electron chi connectivity index (χ0n) is 16.2. The second-order valence-corrected chi connectivity index (χ2v) is 6.69. The van der Waals surface area contributed by atoms with Crippen LogP contribution < -0.4 is 0 Å². The Kier molecular flexibility index (Phi) is 7.86. The van der Waals surface area contributed by atoms with E-state index >= 15 is 0 Å². The first-order chi connectivity index (χ1) is 14.7. The van der Waals surface area contributed by atoms with E-state index < -0.39 is 65.9 Å². The SMILES string of the molecule is C[C@@H](O[C@@H](OCC(=O)O)C(O)c1ccc(F)cc1)c1cc(C(F)(F)F)cc(C(F)(F)F)c1. The van der Waals surface area contributed by atoms with E-state index in [4.69, 9.17) is 14.6 Å². The van der Waals surface area contributed by atoms with Crippen molar-refractivity contribution >= 4 is 5.97 Å². The predicted octanol–water partition coefficient (Wildman–Crippen LogP) is 5.10. The molecule has 2 aromatic carbocycles. The monoisotopic (exact) mass is 470 g/mol. The summed E-state index contributed by atoms with van der Waals surface area (Å²) >= 11 is 0. The summed E-state index contributed by atoms with van der Waals surface area (Å²) in [6, 6.07) is 5.02. The lowest BCUT2D eigenvalue weighted by Gasteiger charge is -2.27. The second kappa shape index (κ2) is 9.84. The number of ether oxygens (including phenoxy) is 2. The molecule has 0 aliphatic rings. The third kappa shape index (κ3) is 6.90. The number of halogens is 7. The zero-order valence-corrected chi connectivity index (χ0v) is 16.2. The van der Waals surface area contributed by atoms with E-state index in [1.54, 1.807) is 0 Å². The molecule has 0 aliphatic heterocycles. The van der Waals surface area contributed by atoms with Crippen molar-refractivity contribution in [3.63, 3.8) is 0 Å². The molecule has 12 heteroatoms. The third-order valence-corrected chi connectivity index (χ3v) is 4.26. The number of aliphatic hydroxyl groups excluding tert-OH is 1. The third-order valence-electron chi connectivity index (χ3n) is 4.26. The van der Waals surface area contributed by atoms with Gasteiger partial charge in [0.05, 0.1) is 17.2 Å². The molecule has 5 nitrogen and oxygen atoms in total. The maximum Gasteiger partial charge on any atom is 0.416 e. The molecule has 32 heavy (non-hydrogen) atoms. The van der Waals surface area contributed by atoms with Gasteiger partial charge in [-0.2, -0.15) is 26.3 Å². The number of carbonyl (C=O) groups is 1. The van der Waals surface area contributed by atoms with Crippen molar-refractivity contribution in [1.29, 1.82) is 0 Å². The van der Waals surface area contributed by atoms with Gasteiger partial charge in [0, 0.05) is 0 Å². The van der Waals surface area contributed by atoms with Crippen LogP contribution in [0, 0.1) is 5.82 Å². The number of hydrogen-bond donors (Lipinski definition) is 2. The van der Waals surface area contributed by atoms with Crippen LogP contribution in [0.15, 0.2) is 42.5 Å². The van der Waals surface area contributed by atoms with Crippen LogP contribution in [-0.4, -0.2) is 29.1 Å². The highest BCUT2D eigenvalue weighted by atomic mass is 19.4. The molecule has 0 spiro atoms. The predicted molar refractivity (Wildman–Crippen MR) is 94.7 cm³/mol. The Labute approximate surface area is 177 Å². The van der Waals surface area contributed by atoms with Gasteiger partial charge in [-0.15, -0.1) is 0 Å². The van der Waals surface area contributed by atoms with Gasteiger partial charge in [0.2, 0.25) is 0 Å². The van der Waals surface area contributed by atoms with Crippen molar-refractivity contribution in [2.45, 2.75) is 37.8 Å². The molecule has 0 saturated heterocycles. The normalized spacial score (nSPS) is 15.3. The number of rotatable bonds is 8. The molecule has 0 heterocycles. The largest absolute Gasteiger partial charge is 0.480 e. The minimum Gasteiger partial charge on any atom is -0.480 e. The average Bonchev–Trinajstić information content (AvgIpc) is 2.69. The van der Waals surface area contributed by atoms with E-state index in [2.05, 4.69) is 0 Å². The Hall–Kier alpha value is -2.70. The zero-order chi connectivity index (χ0) is 24.3. The number of aliphatic hydroxyl groups is 1. The highest BCUT2D eigenvalue weighted by molar-refractivity contribution is 5.68. The lowest BCUT2D eigenvalue weighted by molar-refractivity contribution is -0.220. The quantitative estimate of drug-likeness (QED) is 0.415. The average molecular weight is 470 g/mol. The second-order valence-electron chi connectivity index (χ2n) is 6.69. The van der Waals surface area contributed by atoms with Gasteiger partial charge < -0.3 is 19.7 Å². The summed E-state index contributed by atoms with van der Waals surface area (Å²) in [7, 11) is 0. The van der Waals surface area contributed by atoms with Crippen LogP contribution in [-0.2, 0) is 26.6 Å². The molecule has 1 unspecified atom stereocenters. The van der Waals surface area contributed by atoms with Crippen LogP contribution in [0.3, 0.4) is 0 Å². The topological polar surface area (TPSA) is 76.0 Å². The van der Waals surface area contributed by atoms with E-state index in [0.717, 1.165) is 31.2 Å². The Morgan fingerprint density at radius 3 is 1.88 bits per heavy atom. The first-order valence-electron chi connectivity index (χ1n) is 8.90. The van der Waals surface area contributed by atoms with Gasteiger partial charge in [-0.1, -0.05) is 12.1 Å². The van der Waals surface area contributed by atoms with Crippen LogP contribution >= 0.6 is 0 Å². The molecule has 0 fully saturated rings. The molecule has 0 amide bonds. The Balaban J connectivity index is 2.38. The van der Waals surface area contributed by atoms with Crippen molar-refractivity contribution in [3.8, 4) is 0 Å². The first-order valence-corrected chi connectivity index (χ1v) is 8.90. The van der Waals surface area contributed by atoms with Crippen LogP contribution in [0.1, 0.15) is 41.4 Å². The van der Waals surface area contributed by atoms with E-state index in [1.807, 2.05) is 0 Å². The van der Waals surface area contributed by atoms with Crippen molar-refractivity contribution in [2.24, 2.45) is 0 Å². The van der Waals surface area contributed by atoms with E-state index in [1.165, 1.54) is 0 Å². The Bertz CT molecular complexity index is 893. The molecule has 0 aliphatic carbocycles. The smallest absolute Gasteiger partial charge is 0.416 e. The fourth-order valence-electron chi connectivity index (χ4n) is 2.67. The van der Waals surface area contributed by atoms with Crippen molar-refractivity contribution in [2.75, 3.05) is 6.61 Å². The van der Waals surface area contributed by atoms with Gasteiger partial charge in [0.1, 0.15) is 18.5 Å². The van der Waals surface area contributed by atoms with Crippen molar-refractivity contribution in [3.05, 3.63) is 70.5 Å². The van der Waals surface area contributed by atoms with E-state index in [9.17, 15) is 40.6 Å². The van der Waals surface area contributed by atoms with Gasteiger partial charge in [0.25, 0.3) is 0 Å². The minimum absolute atomic E-state index is 0.00834. The highest BCUT2D eigenvalue weighted by Crippen LogP contribution is 2.38. The Morgan fingerprint density at radius 2 is 1.44 bits per heavy atom. The molecule has 0 bridgehead atoms. The van der Waals surface area contributed by atoms with Gasteiger partial charge in [-0.25, -0.2) is 9.18 Å². The van der Waals surface area contributed by atoms with Crippen molar-refractivity contribution in [1.82, 2.24) is 0 Å². The summed E-state index contributed by atoms with van der Waals surface area (Å²) < 4.78 is 102. The summed E-state index contributed by atoms with van der Waals surface area (Å²) in [5, 5.41) is 19.2. The molecule has 0 saturated carbocycles. The lowest BCUT2D eigenvalue weighted by atomic mass is 10.0. The van der Waals surface area contributed by atoms with Crippen LogP contribution in [0.5, 0.6) is 0 Å². The summed E-state index contributed by atoms with van der Waals surface area (Å²) in [6.45, 7) is 0.107. The maximum absolute atomic E-state index is 13.1. The molecule has 0 radical (unpaired) electrons. The highest BCUT2D eigenvalue weighted by Gasteiger charge is 2.38. The Morgan fingerprint density at radius 1 is 0.938 bits per heavy atom. The minimum atomic E-state index is -5.08. The summed E-state index contributed by atoms with van der Waals surface area (Å²) in [6.07, 6.45) is -15.2. The molecular weight excluding hydrogens is 453 g/mol. The summed E-state index contributed by atoms with van der Waals surface area (Å²) in [5.74, 6) is -2.13. The van der Waals surface area contributed by atoms with E-state index in [-0.39, 0.29) is 11.6 Å². The van der Waals surface area contributed by atoms with Crippen LogP contribution in [0.2, 0.25) is 0 Å². The molecule has 2 N–H and O–H groups in total. The number of hydrogen-bond acceptors (Lipinski definition) is 4. The van der Waals surface area contributed by atoms with Crippen LogP contribution in [0.4, 0.5) is 30.7 Å². The summed E-state index contributed by atoms with van der Waals surface area (Å²) in [4.78, 5) is 10.8. The van der Waals surface area contributed by atoms with Crippen molar-refractivity contribution < 1.29 is 55.2 Å². The lowest BCUT2D eigenvalue weighted by Crippen LogP contribution is -2.29. The first kappa shape index (κ1) is 25.6. The number of benzene rings is 2. The molecule has 2 rings (SSSR count). The van der Waals surface area contributed by atoms with E-state index in [0.29, 0.717) is 12.1 Å². The number of carboxylic acids is 1. The maximum atomic E-state index is 13.1. The van der Waals surface area contributed by atoms with Gasteiger partial charge >= 0.3 is 18.3 Å².